The van der Waals surface area contributed by atoms with Crippen LogP contribution in [0.1, 0.15) is 28.4 Å². The monoisotopic (exact) mass is 385 g/mol. The quantitative estimate of drug-likeness (QED) is 0.650. The molecule has 0 spiro atoms. The second-order valence-electron chi connectivity index (χ2n) is 5.82. The number of ether oxygens (including phenoxy) is 1. The van der Waals surface area contributed by atoms with Crippen molar-refractivity contribution in [3.63, 3.8) is 0 Å². The van der Waals surface area contributed by atoms with Crippen LogP contribution in [0.15, 0.2) is 36.4 Å². The maximum absolute atomic E-state index is 12.4. The van der Waals surface area contributed by atoms with Gasteiger partial charge in [-0.05, 0) is 68.4 Å². The van der Waals surface area contributed by atoms with E-state index in [1.807, 2.05) is 19.9 Å². The van der Waals surface area contributed by atoms with Crippen LogP contribution < -0.4 is 15.4 Å². The lowest BCUT2D eigenvalue weighted by atomic mass is 10.1. The first kappa shape index (κ1) is 18.3. The molecule has 1 amide bonds. The number of hydrogen-bond donors (Lipinski definition) is 2. The number of anilines is 1. The molecule has 0 aliphatic rings. The normalized spacial score (nSPS) is 10.6. The highest BCUT2D eigenvalue weighted by Crippen LogP contribution is 2.29. The predicted molar refractivity (Wildman–Crippen MR) is 110 cm³/mol. The van der Waals surface area contributed by atoms with Crippen LogP contribution in [0.2, 0.25) is 0 Å². The number of fused-ring (bicyclic) bond motifs is 1. The Kier molecular flexibility index (Phi) is 5.49. The van der Waals surface area contributed by atoms with Crippen LogP contribution in [-0.4, -0.2) is 22.6 Å². The van der Waals surface area contributed by atoms with E-state index in [2.05, 4.69) is 34.7 Å². The number of thiazole rings is 1. The van der Waals surface area contributed by atoms with Gasteiger partial charge in [-0.3, -0.25) is 10.1 Å². The highest BCUT2D eigenvalue weighted by atomic mass is 32.1. The molecule has 2 aromatic carbocycles. The minimum Gasteiger partial charge on any atom is -0.494 e. The van der Waals surface area contributed by atoms with Crippen LogP contribution in [0, 0.1) is 13.8 Å². The van der Waals surface area contributed by atoms with Gasteiger partial charge in [0.15, 0.2) is 10.2 Å². The van der Waals surface area contributed by atoms with Gasteiger partial charge in [0.05, 0.1) is 16.8 Å². The Morgan fingerprint density at radius 1 is 1.27 bits per heavy atom. The van der Waals surface area contributed by atoms with E-state index >= 15 is 0 Å². The average Bonchev–Trinajstić information content (AvgIpc) is 2.97. The van der Waals surface area contributed by atoms with E-state index in [1.165, 1.54) is 16.9 Å². The highest BCUT2D eigenvalue weighted by Gasteiger charge is 2.12. The fourth-order valence-electron chi connectivity index (χ4n) is 2.62. The van der Waals surface area contributed by atoms with Gasteiger partial charge in [0.2, 0.25) is 0 Å². The second-order valence-corrected chi connectivity index (χ2v) is 7.26. The molecular formula is C19H19N3O2S2. The molecule has 5 nitrogen and oxygen atoms in total. The first-order valence-electron chi connectivity index (χ1n) is 8.19. The summed E-state index contributed by atoms with van der Waals surface area (Å²) < 4.78 is 6.50. The van der Waals surface area contributed by atoms with Gasteiger partial charge < -0.3 is 10.1 Å². The molecule has 0 saturated carbocycles. The van der Waals surface area contributed by atoms with Crippen molar-refractivity contribution in [2.75, 3.05) is 11.9 Å². The number of benzene rings is 2. The Morgan fingerprint density at radius 3 is 2.85 bits per heavy atom. The molecule has 0 unspecified atom stereocenters. The van der Waals surface area contributed by atoms with E-state index in [4.69, 9.17) is 17.0 Å². The van der Waals surface area contributed by atoms with Crippen LogP contribution in [0.3, 0.4) is 0 Å². The molecule has 3 aromatic rings. The van der Waals surface area contributed by atoms with Crippen molar-refractivity contribution >= 4 is 49.9 Å². The standard InChI is InChI=1S/C19H19N3O2S2/c1-4-24-14-7-5-6-13(10-14)17(23)21-18(25)22-19-20-16-12(3)8-11(2)9-15(16)26-19/h5-10H,4H2,1-3H3,(H2,20,21,22,23,25). The van der Waals surface area contributed by atoms with Gasteiger partial charge >= 0.3 is 0 Å². The van der Waals surface area contributed by atoms with Crippen LogP contribution >= 0.6 is 23.6 Å². The largest absolute Gasteiger partial charge is 0.494 e. The number of carbonyl (C=O) groups is 1. The summed E-state index contributed by atoms with van der Waals surface area (Å²) in [4.78, 5) is 16.9. The predicted octanol–water partition coefficient (Wildman–Crippen LogP) is 4.44. The van der Waals surface area contributed by atoms with Gasteiger partial charge in [0.25, 0.3) is 5.91 Å². The van der Waals surface area contributed by atoms with Crippen LogP contribution in [0.25, 0.3) is 10.2 Å². The van der Waals surface area contributed by atoms with Gasteiger partial charge in [0, 0.05) is 5.56 Å². The third-order valence-corrected chi connectivity index (χ3v) is 4.81. The maximum atomic E-state index is 12.4. The fourth-order valence-corrected chi connectivity index (χ4v) is 3.92. The summed E-state index contributed by atoms with van der Waals surface area (Å²) in [6, 6.07) is 11.2. The summed E-state index contributed by atoms with van der Waals surface area (Å²) in [6.07, 6.45) is 0. The Morgan fingerprint density at radius 2 is 2.08 bits per heavy atom. The molecule has 0 saturated heterocycles. The van der Waals surface area contributed by atoms with E-state index in [9.17, 15) is 4.79 Å². The van der Waals surface area contributed by atoms with Gasteiger partial charge in [-0.15, -0.1) is 0 Å². The number of thiocarbonyl (C=S) groups is 1. The summed E-state index contributed by atoms with van der Waals surface area (Å²) in [5.74, 6) is 0.355. The molecule has 0 radical (unpaired) electrons. The van der Waals surface area contributed by atoms with Crippen LogP contribution in [0.5, 0.6) is 5.75 Å². The Balaban J connectivity index is 1.70. The molecule has 0 fully saturated rings. The topological polar surface area (TPSA) is 63.2 Å². The minimum absolute atomic E-state index is 0.213. The number of amides is 1. The molecule has 0 bridgehead atoms. The van der Waals surface area contributed by atoms with Crippen molar-refractivity contribution in [1.82, 2.24) is 10.3 Å². The average molecular weight is 386 g/mol. The van der Waals surface area contributed by atoms with Gasteiger partial charge in [0.1, 0.15) is 5.75 Å². The molecular weight excluding hydrogens is 366 g/mol. The zero-order valence-electron chi connectivity index (χ0n) is 14.8. The number of hydrogen-bond acceptors (Lipinski definition) is 5. The van der Waals surface area contributed by atoms with Gasteiger partial charge in [-0.1, -0.05) is 23.5 Å². The summed E-state index contributed by atoms with van der Waals surface area (Å²) in [5, 5.41) is 6.54. The number of rotatable bonds is 4. The van der Waals surface area contributed by atoms with E-state index in [0.717, 1.165) is 15.8 Å². The van der Waals surface area contributed by atoms with Crippen molar-refractivity contribution in [3.05, 3.63) is 53.1 Å². The van der Waals surface area contributed by atoms with Crippen molar-refractivity contribution in [1.29, 1.82) is 0 Å². The first-order valence-corrected chi connectivity index (χ1v) is 9.41. The molecule has 134 valence electrons. The molecule has 0 aliphatic carbocycles. The number of aryl methyl sites for hydroxylation is 2. The van der Waals surface area contributed by atoms with Crippen molar-refractivity contribution in [3.8, 4) is 5.75 Å². The zero-order valence-corrected chi connectivity index (χ0v) is 16.4. The zero-order chi connectivity index (χ0) is 18.7. The Labute approximate surface area is 161 Å². The smallest absolute Gasteiger partial charge is 0.257 e. The summed E-state index contributed by atoms with van der Waals surface area (Å²) in [7, 11) is 0. The molecule has 7 heteroatoms. The van der Waals surface area contributed by atoms with Crippen LogP contribution in [-0.2, 0) is 0 Å². The van der Waals surface area contributed by atoms with Crippen molar-refractivity contribution in [2.24, 2.45) is 0 Å². The Hall–Kier alpha value is -2.51. The minimum atomic E-state index is -0.294. The van der Waals surface area contributed by atoms with Crippen LogP contribution in [0.4, 0.5) is 5.13 Å². The second kappa shape index (κ2) is 7.80. The van der Waals surface area contributed by atoms with E-state index in [1.54, 1.807) is 18.2 Å². The van der Waals surface area contributed by atoms with Gasteiger partial charge in [-0.2, -0.15) is 0 Å². The highest BCUT2D eigenvalue weighted by molar-refractivity contribution is 7.80. The lowest BCUT2D eigenvalue weighted by Crippen LogP contribution is -2.34. The molecule has 26 heavy (non-hydrogen) atoms. The van der Waals surface area contributed by atoms with E-state index < -0.39 is 0 Å². The molecule has 1 aromatic heterocycles. The number of carbonyl (C=O) groups excluding carboxylic acids is 1. The molecule has 0 atom stereocenters. The number of aromatic nitrogens is 1. The lowest BCUT2D eigenvalue weighted by Gasteiger charge is -2.08. The van der Waals surface area contributed by atoms with Crippen molar-refractivity contribution in [2.45, 2.75) is 20.8 Å². The number of nitrogens with zero attached hydrogens (tertiary/aromatic N) is 1. The third kappa shape index (κ3) is 4.17. The summed E-state index contributed by atoms with van der Waals surface area (Å²) >= 11 is 6.76. The first-order chi connectivity index (χ1) is 12.5. The van der Waals surface area contributed by atoms with E-state index in [0.29, 0.717) is 23.1 Å². The van der Waals surface area contributed by atoms with Crippen molar-refractivity contribution < 1.29 is 9.53 Å². The summed E-state index contributed by atoms with van der Waals surface area (Å²) in [6.45, 7) is 6.53. The molecule has 3 rings (SSSR count). The maximum Gasteiger partial charge on any atom is 0.257 e. The fraction of sp³-hybridized carbons (Fsp3) is 0.211. The third-order valence-electron chi connectivity index (χ3n) is 3.68. The number of nitrogens with one attached hydrogen (secondary N) is 2. The molecule has 1 heterocycles. The molecule has 0 aliphatic heterocycles. The van der Waals surface area contributed by atoms with Gasteiger partial charge in [-0.25, -0.2) is 4.98 Å². The van der Waals surface area contributed by atoms with E-state index in [-0.39, 0.29) is 11.0 Å². The summed E-state index contributed by atoms with van der Waals surface area (Å²) in [5.41, 5.74) is 3.74. The lowest BCUT2D eigenvalue weighted by molar-refractivity contribution is 0.0977. The molecule has 2 N–H and O–H groups in total. The SMILES string of the molecule is CCOc1cccc(C(=O)NC(=S)Nc2nc3c(C)cc(C)cc3s2)c1. The Bertz CT molecular complexity index is 982.